The van der Waals surface area contributed by atoms with Crippen LogP contribution in [0.15, 0.2) is 24.3 Å². The van der Waals surface area contributed by atoms with Crippen molar-refractivity contribution in [1.82, 2.24) is 29.6 Å². The van der Waals surface area contributed by atoms with Gasteiger partial charge in [-0.3, -0.25) is 19.4 Å². The summed E-state index contributed by atoms with van der Waals surface area (Å²) in [6.45, 7) is 3.25. The topological polar surface area (TPSA) is 83.7 Å². The van der Waals surface area contributed by atoms with Crippen LogP contribution in [0.25, 0.3) is 4.96 Å². The highest BCUT2D eigenvalue weighted by Crippen LogP contribution is 2.23. The van der Waals surface area contributed by atoms with Crippen LogP contribution in [0.1, 0.15) is 57.2 Å². The first kappa shape index (κ1) is 18.4. The maximum absolute atomic E-state index is 12.5. The number of hydrogen-bond donors (Lipinski definition) is 0. The molecule has 2 aliphatic heterocycles. The van der Waals surface area contributed by atoms with E-state index in [4.69, 9.17) is 0 Å². The van der Waals surface area contributed by atoms with Crippen LogP contribution in [0.5, 0.6) is 0 Å². The number of hydrogen-bond acceptors (Lipinski definition) is 7. The van der Waals surface area contributed by atoms with Gasteiger partial charge in [-0.15, -0.1) is 10.2 Å². The van der Waals surface area contributed by atoms with E-state index in [1.54, 1.807) is 24.3 Å². The van der Waals surface area contributed by atoms with Crippen molar-refractivity contribution < 1.29 is 9.59 Å². The molecule has 0 aliphatic carbocycles. The quantitative estimate of drug-likeness (QED) is 0.601. The molecule has 0 saturated carbocycles. The number of benzene rings is 1. The Morgan fingerprint density at radius 3 is 2.31 bits per heavy atom. The summed E-state index contributed by atoms with van der Waals surface area (Å²) in [4.78, 5) is 29.5. The van der Waals surface area contributed by atoms with E-state index in [1.807, 2.05) is 4.52 Å². The lowest BCUT2D eigenvalue weighted by Crippen LogP contribution is -2.31. The number of amides is 2. The van der Waals surface area contributed by atoms with Gasteiger partial charge in [0.05, 0.1) is 17.7 Å². The van der Waals surface area contributed by atoms with E-state index in [1.165, 1.54) is 41.9 Å². The van der Waals surface area contributed by atoms with Crippen LogP contribution in [0, 0.1) is 0 Å². The molecule has 1 fully saturated rings. The maximum Gasteiger partial charge on any atom is 0.261 e. The molecular weight excluding hydrogens is 388 g/mol. The lowest BCUT2D eigenvalue weighted by molar-refractivity contribution is 0.0656. The first-order chi connectivity index (χ1) is 14.2. The Kier molecular flexibility index (Phi) is 4.84. The number of aromatic nitrogens is 4. The lowest BCUT2D eigenvalue weighted by atomic mass is 10.1. The van der Waals surface area contributed by atoms with Gasteiger partial charge in [0.1, 0.15) is 5.01 Å². The van der Waals surface area contributed by atoms with E-state index in [0.717, 1.165) is 35.4 Å². The summed E-state index contributed by atoms with van der Waals surface area (Å²) in [6.07, 6.45) is 5.56. The van der Waals surface area contributed by atoms with Gasteiger partial charge in [-0.1, -0.05) is 36.3 Å². The fraction of sp³-hybridized carbons (Fsp3) is 0.450. The third kappa shape index (κ3) is 3.44. The first-order valence-electron chi connectivity index (χ1n) is 10.1. The number of nitrogens with zero attached hydrogens (tertiary/aromatic N) is 6. The zero-order chi connectivity index (χ0) is 19.8. The molecule has 0 unspecified atom stereocenters. The third-order valence-corrected chi connectivity index (χ3v) is 6.55. The standard InChI is InChI=1S/C20H22N6O2S/c27-18-14-7-3-4-8-15(14)19(28)25(18)12-9-17-23-26-16(21-22-20(26)29-17)13-24-10-5-1-2-6-11-24/h3-4,7-8H,1-2,5-6,9-13H2. The summed E-state index contributed by atoms with van der Waals surface area (Å²) in [5.74, 6) is 0.399. The van der Waals surface area contributed by atoms with Gasteiger partial charge in [0.25, 0.3) is 11.8 Å². The monoisotopic (exact) mass is 410 g/mol. The fourth-order valence-electron chi connectivity index (χ4n) is 4.04. The Morgan fingerprint density at radius 2 is 1.62 bits per heavy atom. The van der Waals surface area contributed by atoms with Crippen LogP contribution >= 0.6 is 11.3 Å². The molecule has 2 aliphatic rings. The van der Waals surface area contributed by atoms with Gasteiger partial charge < -0.3 is 0 Å². The first-order valence-corrected chi connectivity index (χ1v) is 10.9. The molecule has 8 nitrogen and oxygen atoms in total. The van der Waals surface area contributed by atoms with E-state index in [2.05, 4.69) is 20.2 Å². The molecule has 4 heterocycles. The SMILES string of the molecule is O=C1c2ccccc2C(=O)N1CCc1nn2c(CN3CCCCCC3)nnc2s1. The highest BCUT2D eigenvalue weighted by Gasteiger charge is 2.34. The molecule has 9 heteroatoms. The molecule has 0 spiro atoms. The molecular formula is C20H22N6O2S. The Balaban J connectivity index is 1.28. The summed E-state index contributed by atoms with van der Waals surface area (Å²) in [5, 5.41) is 14.1. The van der Waals surface area contributed by atoms with Gasteiger partial charge >= 0.3 is 0 Å². The summed E-state index contributed by atoms with van der Waals surface area (Å²) in [5.41, 5.74) is 0.964. The van der Waals surface area contributed by atoms with Gasteiger partial charge in [-0.2, -0.15) is 9.61 Å². The number of likely N-dealkylation sites (tertiary alicyclic amines) is 1. The average Bonchev–Trinajstić information content (AvgIpc) is 3.28. The van der Waals surface area contributed by atoms with Gasteiger partial charge in [-0.05, 0) is 38.1 Å². The second kappa shape index (κ2) is 7.64. The Morgan fingerprint density at radius 1 is 0.931 bits per heavy atom. The number of rotatable bonds is 5. The predicted octanol–water partition coefficient (Wildman–Crippen LogP) is 2.40. The fourth-order valence-corrected chi connectivity index (χ4v) is 4.88. The van der Waals surface area contributed by atoms with Crippen molar-refractivity contribution in [3.8, 4) is 0 Å². The largest absolute Gasteiger partial charge is 0.296 e. The van der Waals surface area contributed by atoms with Crippen molar-refractivity contribution in [3.63, 3.8) is 0 Å². The Labute approximate surface area is 172 Å². The molecule has 2 aromatic heterocycles. The molecule has 0 atom stereocenters. The minimum atomic E-state index is -0.226. The van der Waals surface area contributed by atoms with Crippen molar-refractivity contribution in [2.45, 2.75) is 38.6 Å². The minimum Gasteiger partial charge on any atom is -0.296 e. The maximum atomic E-state index is 12.5. The van der Waals surface area contributed by atoms with Gasteiger partial charge in [-0.25, -0.2) is 0 Å². The van der Waals surface area contributed by atoms with E-state index in [-0.39, 0.29) is 11.8 Å². The van der Waals surface area contributed by atoms with Crippen molar-refractivity contribution in [2.75, 3.05) is 19.6 Å². The molecule has 29 heavy (non-hydrogen) atoms. The second-order valence-corrected chi connectivity index (χ2v) is 8.59. The second-order valence-electron chi connectivity index (χ2n) is 7.55. The molecule has 1 saturated heterocycles. The molecule has 1 aromatic carbocycles. The van der Waals surface area contributed by atoms with Crippen LogP contribution in [0.4, 0.5) is 0 Å². The average molecular weight is 411 g/mol. The molecule has 150 valence electrons. The smallest absolute Gasteiger partial charge is 0.261 e. The molecule has 3 aromatic rings. The van der Waals surface area contributed by atoms with Crippen LogP contribution in [-0.4, -0.2) is 61.1 Å². The van der Waals surface area contributed by atoms with Crippen LogP contribution < -0.4 is 0 Å². The van der Waals surface area contributed by atoms with Crippen LogP contribution in [0.2, 0.25) is 0 Å². The molecule has 0 N–H and O–H groups in total. The summed E-state index contributed by atoms with van der Waals surface area (Å²) >= 11 is 1.46. The highest BCUT2D eigenvalue weighted by molar-refractivity contribution is 7.16. The van der Waals surface area contributed by atoms with Gasteiger partial charge in [0, 0.05) is 13.0 Å². The number of carbonyl (C=O) groups is 2. The van der Waals surface area contributed by atoms with Gasteiger partial charge in [0.15, 0.2) is 5.82 Å². The van der Waals surface area contributed by atoms with Gasteiger partial charge in [0.2, 0.25) is 4.96 Å². The predicted molar refractivity (Wildman–Crippen MR) is 108 cm³/mol. The molecule has 5 rings (SSSR count). The summed E-state index contributed by atoms with van der Waals surface area (Å²) in [6, 6.07) is 6.96. The number of carbonyl (C=O) groups excluding carboxylic acids is 2. The van der Waals surface area contributed by atoms with Crippen molar-refractivity contribution in [2.24, 2.45) is 0 Å². The van der Waals surface area contributed by atoms with Crippen LogP contribution in [0.3, 0.4) is 0 Å². The normalized spacial score (nSPS) is 17.9. The summed E-state index contributed by atoms with van der Waals surface area (Å²) < 4.78 is 1.81. The van der Waals surface area contributed by atoms with E-state index < -0.39 is 0 Å². The number of imide groups is 1. The molecule has 0 bridgehead atoms. The zero-order valence-corrected chi connectivity index (χ0v) is 16.9. The van der Waals surface area contributed by atoms with E-state index >= 15 is 0 Å². The minimum absolute atomic E-state index is 0.226. The van der Waals surface area contributed by atoms with E-state index in [9.17, 15) is 9.59 Å². The lowest BCUT2D eigenvalue weighted by Gasteiger charge is -2.17. The van der Waals surface area contributed by atoms with Crippen molar-refractivity contribution in [1.29, 1.82) is 0 Å². The molecule has 2 amide bonds. The zero-order valence-electron chi connectivity index (χ0n) is 16.1. The Bertz CT molecular complexity index is 1030. The van der Waals surface area contributed by atoms with Crippen LogP contribution in [-0.2, 0) is 13.0 Å². The highest BCUT2D eigenvalue weighted by atomic mass is 32.1. The third-order valence-electron chi connectivity index (χ3n) is 5.59. The Hall–Kier alpha value is -2.65. The van der Waals surface area contributed by atoms with Crippen molar-refractivity contribution >= 4 is 28.1 Å². The number of fused-ring (bicyclic) bond motifs is 2. The summed E-state index contributed by atoms with van der Waals surface area (Å²) in [7, 11) is 0. The van der Waals surface area contributed by atoms with Crippen molar-refractivity contribution in [3.05, 3.63) is 46.2 Å². The molecule has 0 radical (unpaired) electrons. The van der Waals surface area contributed by atoms with E-state index in [0.29, 0.717) is 24.1 Å².